The fraction of sp³-hybridized carbons (Fsp3) is 1.00. The van der Waals surface area contributed by atoms with Crippen LogP contribution >= 0.6 is 0 Å². The van der Waals surface area contributed by atoms with Crippen LogP contribution in [0.1, 0.15) is 59.3 Å². The summed E-state index contributed by atoms with van der Waals surface area (Å²) in [6.45, 7) is 8.42. The number of rotatable bonds is 9. The van der Waals surface area contributed by atoms with Crippen LogP contribution in [-0.4, -0.2) is 33.0 Å². The van der Waals surface area contributed by atoms with Gasteiger partial charge in [0.05, 0.1) is 5.75 Å². The lowest BCUT2D eigenvalue weighted by atomic mass is 9.77. The van der Waals surface area contributed by atoms with E-state index in [-0.39, 0.29) is 5.75 Å². The lowest BCUT2D eigenvalue weighted by Gasteiger charge is -2.32. The summed E-state index contributed by atoms with van der Waals surface area (Å²) >= 11 is 0. The van der Waals surface area contributed by atoms with Gasteiger partial charge in [-0.05, 0) is 50.1 Å². The van der Waals surface area contributed by atoms with Crippen LogP contribution in [0.15, 0.2) is 0 Å². The molecule has 1 aliphatic rings. The number of sulfone groups is 1. The lowest BCUT2D eigenvalue weighted by Crippen LogP contribution is -2.32. The summed E-state index contributed by atoms with van der Waals surface area (Å²) in [5.74, 6) is 2.86. The molecule has 120 valence electrons. The molecule has 0 heterocycles. The average molecular weight is 304 g/mol. The Morgan fingerprint density at radius 1 is 1.15 bits per heavy atom. The molecule has 1 saturated carbocycles. The Balaban J connectivity index is 2.32. The number of nitrogens with one attached hydrogen (secondary N) is 1. The molecule has 20 heavy (non-hydrogen) atoms. The Kier molecular flexibility index (Phi) is 8.11. The molecule has 1 aliphatic carbocycles. The Morgan fingerprint density at radius 2 is 1.80 bits per heavy atom. The summed E-state index contributed by atoms with van der Waals surface area (Å²) in [6, 6.07) is 0. The maximum atomic E-state index is 11.6. The van der Waals surface area contributed by atoms with Crippen LogP contribution in [0.4, 0.5) is 0 Å². The van der Waals surface area contributed by atoms with E-state index in [1.807, 2.05) is 0 Å². The molecule has 1 rings (SSSR count). The minimum atomic E-state index is -2.78. The predicted molar refractivity (Wildman–Crippen MR) is 86.7 cm³/mol. The molecule has 4 heteroatoms. The largest absolute Gasteiger partial charge is 0.316 e. The van der Waals surface area contributed by atoms with Crippen molar-refractivity contribution in [2.45, 2.75) is 59.3 Å². The van der Waals surface area contributed by atoms with Gasteiger partial charge in [-0.2, -0.15) is 0 Å². The number of hydrogen-bond acceptors (Lipinski definition) is 3. The van der Waals surface area contributed by atoms with E-state index in [0.29, 0.717) is 11.7 Å². The van der Waals surface area contributed by atoms with Gasteiger partial charge in [0.15, 0.2) is 0 Å². The first-order valence-electron chi connectivity index (χ1n) is 8.35. The maximum Gasteiger partial charge on any atom is 0.150 e. The third-order valence-corrected chi connectivity index (χ3v) is 6.29. The summed E-state index contributed by atoms with van der Waals surface area (Å²) in [7, 11) is -2.78. The first-order chi connectivity index (χ1) is 9.44. The third kappa shape index (κ3) is 7.07. The van der Waals surface area contributed by atoms with E-state index in [9.17, 15) is 8.42 Å². The summed E-state index contributed by atoms with van der Waals surface area (Å²) in [6.07, 6.45) is 7.22. The smallest absolute Gasteiger partial charge is 0.150 e. The van der Waals surface area contributed by atoms with Crippen molar-refractivity contribution in [2.75, 3.05) is 24.6 Å². The van der Waals surface area contributed by atoms with Gasteiger partial charge in [-0.1, -0.05) is 40.0 Å². The first kappa shape index (κ1) is 18.0. The second-order valence-corrected chi connectivity index (χ2v) is 9.21. The van der Waals surface area contributed by atoms with Crippen LogP contribution in [0.5, 0.6) is 0 Å². The molecule has 0 amide bonds. The van der Waals surface area contributed by atoms with Gasteiger partial charge in [-0.3, -0.25) is 0 Å². The highest BCUT2D eigenvalue weighted by Gasteiger charge is 2.24. The molecule has 0 radical (unpaired) electrons. The maximum absolute atomic E-state index is 11.6. The third-order valence-electron chi connectivity index (χ3n) is 4.50. The second-order valence-electron chi connectivity index (χ2n) is 6.74. The minimum Gasteiger partial charge on any atom is -0.316 e. The predicted octanol–water partition coefficient (Wildman–Crippen LogP) is 3.25. The highest BCUT2D eigenvalue weighted by molar-refractivity contribution is 7.91. The minimum absolute atomic E-state index is 0.289. The average Bonchev–Trinajstić information content (AvgIpc) is 2.40. The Bertz CT molecular complexity index is 351. The number of hydrogen-bond donors (Lipinski definition) is 1. The molecule has 0 aromatic heterocycles. The normalized spacial score (nSPS) is 24.2. The fourth-order valence-corrected chi connectivity index (χ4v) is 4.10. The summed E-state index contributed by atoms with van der Waals surface area (Å²) < 4.78 is 23.1. The molecule has 2 atom stereocenters. The van der Waals surface area contributed by atoms with Gasteiger partial charge in [-0.25, -0.2) is 8.42 Å². The van der Waals surface area contributed by atoms with Crippen molar-refractivity contribution in [3.05, 3.63) is 0 Å². The van der Waals surface area contributed by atoms with Gasteiger partial charge in [0.1, 0.15) is 9.84 Å². The quantitative estimate of drug-likeness (QED) is 0.711. The van der Waals surface area contributed by atoms with Crippen LogP contribution in [0, 0.1) is 17.8 Å². The van der Waals surface area contributed by atoms with Gasteiger partial charge in [0.25, 0.3) is 0 Å². The van der Waals surface area contributed by atoms with Crippen molar-refractivity contribution in [1.29, 1.82) is 0 Å². The van der Waals surface area contributed by atoms with Crippen molar-refractivity contribution in [1.82, 2.24) is 5.32 Å². The molecule has 1 fully saturated rings. The SMILES string of the molecule is CCS(=O)(=O)CCCC1CCCCC1CNCC(C)C. The Morgan fingerprint density at radius 3 is 2.40 bits per heavy atom. The van der Waals surface area contributed by atoms with E-state index in [2.05, 4.69) is 19.2 Å². The zero-order valence-corrected chi connectivity index (χ0v) is 14.3. The summed E-state index contributed by atoms with van der Waals surface area (Å²) in [5.41, 5.74) is 0. The highest BCUT2D eigenvalue weighted by atomic mass is 32.2. The van der Waals surface area contributed by atoms with Crippen LogP contribution in [0.25, 0.3) is 0 Å². The first-order valence-corrected chi connectivity index (χ1v) is 10.2. The van der Waals surface area contributed by atoms with E-state index in [1.54, 1.807) is 6.92 Å². The van der Waals surface area contributed by atoms with Crippen LogP contribution in [0.3, 0.4) is 0 Å². The molecule has 0 aromatic rings. The van der Waals surface area contributed by atoms with Crippen LogP contribution in [-0.2, 0) is 9.84 Å². The Labute approximate surface area is 125 Å². The molecule has 0 aromatic carbocycles. The second kappa shape index (κ2) is 9.04. The van der Waals surface area contributed by atoms with E-state index in [4.69, 9.17) is 0 Å². The monoisotopic (exact) mass is 303 g/mol. The highest BCUT2D eigenvalue weighted by Crippen LogP contribution is 2.33. The van der Waals surface area contributed by atoms with E-state index in [1.165, 1.54) is 25.7 Å². The molecule has 0 saturated heterocycles. The van der Waals surface area contributed by atoms with Gasteiger partial charge in [-0.15, -0.1) is 0 Å². The molecule has 0 spiro atoms. The van der Waals surface area contributed by atoms with Crippen LogP contribution in [0.2, 0.25) is 0 Å². The van der Waals surface area contributed by atoms with Crippen molar-refractivity contribution < 1.29 is 8.42 Å². The molecular weight excluding hydrogens is 270 g/mol. The molecule has 3 nitrogen and oxygen atoms in total. The fourth-order valence-electron chi connectivity index (χ4n) is 3.20. The van der Waals surface area contributed by atoms with Crippen LogP contribution < -0.4 is 5.32 Å². The molecule has 2 unspecified atom stereocenters. The van der Waals surface area contributed by atoms with Gasteiger partial charge in [0.2, 0.25) is 0 Å². The van der Waals surface area contributed by atoms with E-state index < -0.39 is 9.84 Å². The zero-order valence-electron chi connectivity index (χ0n) is 13.5. The molecule has 1 N–H and O–H groups in total. The van der Waals surface area contributed by atoms with Gasteiger partial charge < -0.3 is 5.32 Å². The van der Waals surface area contributed by atoms with Crippen molar-refractivity contribution >= 4 is 9.84 Å². The van der Waals surface area contributed by atoms with E-state index >= 15 is 0 Å². The van der Waals surface area contributed by atoms with Crippen molar-refractivity contribution in [3.63, 3.8) is 0 Å². The van der Waals surface area contributed by atoms with E-state index in [0.717, 1.165) is 37.8 Å². The molecular formula is C16H33NO2S. The topological polar surface area (TPSA) is 46.2 Å². The molecule has 0 aliphatic heterocycles. The van der Waals surface area contributed by atoms with Gasteiger partial charge in [0, 0.05) is 5.75 Å². The summed E-state index contributed by atoms with van der Waals surface area (Å²) in [5, 5.41) is 3.58. The summed E-state index contributed by atoms with van der Waals surface area (Å²) in [4.78, 5) is 0. The van der Waals surface area contributed by atoms with Gasteiger partial charge >= 0.3 is 0 Å². The van der Waals surface area contributed by atoms with Crippen molar-refractivity contribution in [3.8, 4) is 0 Å². The zero-order chi connectivity index (χ0) is 15.0. The standard InChI is InChI=1S/C16H33NO2S/c1-4-20(18,19)11-7-10-15-8-5-6-9-16(15)13-17-12-14(2)3/h14-17H,4-13H2,1-3H3. The lowest BCUT2D eigenvalue weighted by molar-refractivity contribution is 0.215. The molecule has 0 bridgehead atoms. The van der Waals surface area contributed by atoms with Crippen molar-refractivity contribution in [2.24, 2.45) is 17.8 Å². The Hall–Kier alpha value is -0.0900.